The Bertz CT molecular complexity index is 399. The third-order valence-corrected chi connectivity index (χ3v) is 3.27. The van der Waals surface area contributed by atoms with E-state index < -0.39 is 11.5 Å². The maximum Gasteiger partial charge on any atom is 0.313 e. The zero-order valence-corrected chi connectivity index (χ0v) is 12.3. The first kappa shape index (κ1) is 16.4. The molecule has 0 aliphatic carbocycles. The minimum Gasteiger partial charge on any atom is -0.469 e. The topological polar surface area (TPSA) is 65.2 Å². The highest BCUT2D eigenvalue weighted by molar-refractivity contribution is 9.10. The summed E-state index contributed by atoms with van der Waals surface area (Å²) in [5, 5.41) is 0. The number of esters is 1. The van der Waals surface area contributed by atoms with E-state index in [2.05, 4.69) is 20.9 Å². The van der Waals surface area contributed by atoms with Gasteiger partial charge < -0.3 is 10.5 Å². The summed E-state index contributed by atoms with van der Waals surface area (Å²) < 4.78 is 5.40. The van der Waals surface area contributed by atoms with Crippen LogP contribution in [0.25, 0.3) is 0 Å². The molecule has 0 fully saturated rings. The number of ether oxygens (including phenoxy) is 1. The van der Waals surface area contributed by atoms with Gasteiger partial charge in [0.15, 0.2) is 0 Å². The standard InChI is InChI=1S/C11H15BrN2O2.ClH/c1-11(2,10(15)16-3)8(13)7-5-4-6-14-9(7)12;/h4-6,8H,13H2,1-3H3;1H/t8-;/m1./s1. The van der Waals surface area contributed by atoms with Crippen LogP contribution in [0.4, 0.5) is 0 Å². The first-order valence-corrected chi connectivity index (χ1v) is 5.65. The van der Waals surface area contributed by atoms with Crippen LogP contribution in [-0.2, 0) is 9.53 Å². The zero-order chi connectivity index (χ0) is 12.3. The Morgan fingerprint density at radius 1 is 1.59 bits per heavy atom. The zero-order valence-electron chi connectivity index (χ0n) is 9.94. The number of halogens is 2. The molecule has 1 atom stereocenters. The van der Waals surface area contributed by atoms with Gasteiger partial charge in [0.1, 0.15) is 4.60 Å². The molecular formula is C11H16BrClN2O2. The van der Waals surface area contributed by atoms with Crippen LogP contribution < -0.4 is 5.73 Å². The van der Waals surface area contributed by atoms with Crippen LogP contribution in [0.5, 0.6) is 0 Å². The second-order valence-electron chi connectivity index (χ2n) is 4.07. The fraction of sp³-hybridized carbons (Fsp3) is 0.455. The van der Waals surface area contributed by atoms with Gasteiger partial charge in [-0.1, -0.05) is 6.07 Å². The van der Waals surface area contributed by atoms with Gasteiger partial charge in [-0.3, -0.25) is 4.79 Å². The predicted molar refractivity (Wildman–Crippen MR) is 71.9 cm³/mol. The molecule has 2 N–H and O–H groups in total. The smallest absolute Gasteiger partial charge is 0.313 e. The molecule has 0 aliphatic heterocycles. The summed E-state index contributed by atoms with van der Waals surface area (Å²) >= 11 is 3.32. The van der Waals surface area contributed by atoms with Crippen molar-refractivity contribution in [2.75, 3.05) is 7.11 Å². The fourth-order valence-electron chi connectivity index (χ4n) is 1.41. The molecular weight excluding hydrogens is 307 g/mol. The van der Waals surface area contributed by atoms with Crippen LogP contribution in [0.2, 0.25) is 0 Å². The Morgan fingerprint density at radius 3 is 2.65 bits per heavy atom. The number of methoxy groups -OCH3 is 1. The van der Waals surface area contributed by atoms with Crippen LogP contribution in [-0.4, -0.2) is 18.1 Å². The minimum absolute atomic E-state index is 0. The molecule has 0 saturated heterocycles. The van der Waals surface area contributed by atoms with Crippen LogP contribution in [0.3, 0.4) is 0 Å². The number of nitrogens with zero attached hydrogens (tertiary/aromatic N) is 1. The molecule has 1 aromatic heterocycles. The first-order valence-electron chi connectivity index (χ1n) is 4.85. The van der Waals surface area contributed by atoms with E-state index in [0.717, 1.165) is 5.56 Å². The molecule has 1 aromatic rings. The highest BCUT2D eigenvalue weighted by atomic mass is 79.9. The van der Waals surface area contributed by atoms with Gasteiger partial charge in [-0.25, -0.2) is 4.98 Å². The normalized spacial score (nSPS) is 12.5. The Morgan fingerprint density at radius 2 is 2.18 bits per heavy atom. The van der Waals surface area contributed by atoms with E-state index in [4.69, 9.17) is 10.5 Å². The Balaban J connectivity index is 0.00000256. The number of aromatic nitrogens is 1. The monoisotopic (exact) mass is 322 g/mol. The van der Waals surface area contributed by atoms with Gasteiger partial charge in [0.25, 0.3) is 0 Å². The van der Waals surface area contributed by atoms with Crippen LogP contribution in [0.15, 0.2) is 22.9 Å². The van der Waals surface area contributed by atoms with Gasteiger partial charge >= 0.3 is 5.97 Å². The maximum absolute atomic E-state index is 11.6. The van der Waals surface area contributed by atoms with Crippen LogP contribution in [0.1, 0.15) is 25.5 Å². The van der Waals surface area contributed by atoms with Crippen LogP contribution in [0, 0.1) is 5.41 Å². The molecule has 0 aromatic carbocycles. The molecule has 0 saturated carbocycles. The molecule has 6 heteroatoms. The first-order chi connectivity index (χ1) is 7.41. The number of hydrogen-bond donors (Lipinski definition) is 1. The van der Waals surface area contributed by atoms with Crippen molar-refractivity contribution in [1.29, 1.82) is 0 Å². The number of hydrogen-bond acceptors (Lipinski definition) is 4. The quantitative estimate of drug-likeness (QED) is 0.685. The van der Waals surface area contributed by atoms with Gasteiger partial charge in [0.2, 0.25) is 0 Å². The molecule has 1 heterocycles. The fourth-order valence-corrected chi connectivity index (χ4v) is 1.91. The van der Waals surface area contributed by atoms with Crippen molar-refractivity contribution < 1.29 is 9.53 Å². The molecule has 0 amide bonds. The molecule has 4 nitrogen and oxygen atoms in total. The Hall–Kier alpha value is -0.650. The third-order valence-electron chi connectivity index (χ3n) is 2.61. The lowest BCUT2D eigenvalue weighted by Gasteiger charge is -2.29. The van der Waals surface area contributed by atoms with Gasteiger partial charge in [0, 0.05) is 17.8 Å². The Kier molecular flexibility index (Phi) is 6.09. The number of carbonyl (C=O) groups is 1. The van der Waals surface area contributed by atoms with Crippen molar-refractivity contribution in [1.82, 2.24) is 4.98 Å². The van der Waals surface area contributed by atoms with Crippen molar-refractivity contribution in [2.24, 2.45) is 11.1 Å². The highest BCUT2D eigenvalue weighted by Gasteiger charge is 2.37. The summed E-state index contributed by atoms with van der Waals surface area (Å²) in [5.41, 5.74) is 6.08. The average molecular weight is 324 g/mol. The number of nitrogens with two attached hydrogens (primary N) is 1. The summed E-state index contributed by atoms with van der Waals surface area (Å²) in [4.78, 5) is 15.7. The van der Waals surface area contributed by atoms with E-state index in [1.165, 1.54) is 7.11 Å². The second-order valence-corrected chi connectivity index (χ2v) is 4.83. The van der Waals surface area contributed by atoms with Gasteiger partial charge in [0.05, 0.1) is 12.5 Å². The van der Waals surface area contributed by atoms with Crippen molar-refractivity contribution in [3.8, 4) is 0 Å². The van der Waals surface area contributed by atoms with E-state index in [0.29, 0.717) is 4.60 Å². The lowest BCUT2D eigenvalue weighted by Crippen LogP contribution is -2.37. The lowest BCUT2D eigenvalue weighted by molar-refractivity contribution is -0.152. The number of pyridine rings is 1. The molecule has 0 radical (unpaired) electrons. The van der Waals surface area contributed by atoms with E-state index in [1.807, 2.05) is 6.07 Å². The summed E-state index contributed by atoms with van der Waals surface area (Å²) in [7, 11) is 1.36. The predicted octanol–water partition coefficient (Wildman–Crippen LogP) is 2.46. The largest absolute Gasteiger partial charge is 0.469 e. The van der Waals surface area contributed by atoms with E-state index >= 15 is 0 Å². The molecule has 0 bridgehead atoms. The molecule has 0 spiro atoms. The molecule has 96 valence electrons. The summed E-state index contributed by atoms with van der Waals surface area (Å²) in [6.45, 7) is 3.51. The summed E-state index contributed by atoms with van der Waals surface area (Å²) in [6, 6.07) is 3.16. The molecule has 0 aliphatic rings. The highest BCUT2D eigenvalue weighted by Crippen LogP contribution is 2.34. The van der Waals surface area contributed by atoms with Crippen molar-refractivity contribution in [3.63, 3.8) is 0 Å². The third kappa shape index (κ3) is 3.40. The summed E-state index contributed by atoms with van der Waals surface area (Å²) in [5.74, 6) is -0.337. The summed E-state index contributed by atoms with van der Waals surface area (Å²) in [6.07, 6.45) is 1.66. The maximum atomic E-state index is 11.6. The van der Waals surface area contributed by atoms with Gasteiger partial charge in [-0.2, -0.15) is 0 Å². The van der Waals surface area contributed by atoms with E-state index in [-0.39, 0.29) is 18.4 Å². The SMILES string of the molecule is COC(=O)C(C)(C)[C@H](N)c1cccnc1Br.Cl. The van der Waals surface area contributed by atoms with Crippen molar-refractivity contribution in [2.45, 2.75) is 19.9 Å². The van der Waals surface area contributed by atoms with Crippen molar-refractivity contribution >= 4 is 34.3 Å². The Labute approximate surface area is 115 Å². The van der Waals surface area contributed by atoms with Gasteiger partial charge in [-0.15, -0.1) is 12.4 Å². The van der Waals surface area contributed by atoms with E-state index in [9.17, 15) is 4.79 Å². The van der Waals surface area contributed by atoms with E-state index in [1.54, 1.807) is 26.1 Å². The van der Waals surface area contributed by atoms with Crippen molar-refractivity contribution in [3.05, 3.63) is 28.5 Å². The lowest BCUT2D eigenvalue weighted by atomic mass is 9.81. The molecule has 0 unspecified atom stereocenters. The second kappa shape index (κ2) is 6.33. The minimum atomic E-state index is -0.791. The number of carbonyl (C=O) groups excluding carboxylic acids is 1. The average Bonchev–Trinajstić information content (AvgIpc) is 2.27. The molecule has 1 rings (SSSR count). The number of rotatable bonds is 3. The van der Waals surface area contributed by atoms with Gasteiger partial charge in [-0.05, 0) is 35.8 Å². The molecule has 17 heavy (non-hydrogen) atoms. The van der Waals surface area contributed by atoms with Crippen LogP contribution >= 0.6 is 28.3 Å².